The minimum Gasteiger partial charge on any atom is -0.490 e. The van der Waals surface area contributed by atoms with E-state index in [1.165, 1.54) is 17.3 Å². The summed E-state index contributed by atoms with van der Waals surface area (Å²) in [5.41, 5.74) is 3.76. The fraction of sp³-hybridized carbons (Fsp3) is 0.250. The maximum Gasteiger partial charge on any atom is 0.260 e. The Morgan fingerprint density at radius 1 is 1.03 bits per heavy atom. The Labute approximate surface area is 228 Å². The highest BCUT2D eigenvalue weighted by Crippen LogP contribution is 2.38. The number of carbonyl (C=O) groups excluding carboxylic acids is 1. The van der Waals surface area contributed by atoms with Crippen molar-refractivity contribution in [2.24, 2.45) is 0 Å². The summed E-state index contributed by atoms with van der Waals surface area (Å²) >= 11 is 5.08. The van der Waals surface area contributed by atoms with Crippen LogP contribution in [0.25, 0.3) is 6.08 Å². The largest absolute Gasteiger partial charge is 0.490 e. The number of carbonyl (C=O) groups is 1. The molecule has 9 heteroatoms. The molecule has 2 N–H and O–H groups in total. The number of benzene rings is 3. The fourth-order valence-electron chi connectivity index (χ4n) is 3.93. The monoisotopic (exact) mass is 582 g/mol. The summed E-state index contributed by atoms with van der Waals surface area (Å²) in [7, 11) is 0. The van der Waals surface area contributed by atoms with Gasteiger partial charge in [0.1, 0.15) is 6.61 Å². The van der Waals surface area contributed by atoms with E-state index in [1.807, 2.05) is 55.5 Å². The molecule has 3 aromatic carbocycles. The molecular formula is C28H27BrN2O5S. The zero-order valence-corrected chi connectivity index (χ0v) is 22.9. The van der Waals surface area contributed by atoms with E-state index in [0.717, 1.165) is 33.5 Å². The molecule has 7 nitrogen and oxygen atoms in total. The van der Waals surface area contributed by atoms with Crippen molar-refractivity contribution in [3.05, 3.63) is 80.7 Å². The number of ether oxygens (including phenoxy) is 4. The van der Waals surface area contributed by atoms with Gasteiger partial charge in [-0.15, -0.1) is 0 Å². The van der Waals surface area contributed by atoms with Crippen LogP contribution in [0.2, 0.25) is 0 Å². The van der Waals surface area contributed by atoms with Crippen LogP contribution >= 0.6 is 27.7 Å². The van der Waals surface area contributed by atoms with Crippen LogP contribution in [-0.2, 0) is 17.8 Å². The smallest absolute Gasteiger partial charge is 0.260 e. The molecule has 0 unspecified atom stereocenters. The number of hydrogen-bond donors (Lipinski definition) is 2. The van der Waals surface area contributed by atoms with E-state index in [1.54, 1.807) is 0 Å². The van der Waals surface area contributed by atoms with Crippen LogP contribution in [0.1, 0.15) is 30.5 Å². The van der Waals surface area contributed by atoms with E-state index >= 15 is 0 Å². The Morgan fingerprint density at radius 3 is 2.57 bits per heavy atom. The van der Waals surface area contributed by atoms with Crippen LogP contribution in [0.4, 0.5) is 5.69 Å². The number of amides is 1. The lowest BCUT2D eigenvalue weighted by Crippen LogP contribution is -2.30. The molecule has 192 valence electrons. The molecule has 0 aliphatic carbocycles. The molecule has 0 aromatic heterocycles. The first-order valence-corrected chi connectivity index (χ1v) is 13.7. The standard InChI is InChI=1S/C28H27BrN2O5S/c1-3-17-5-8-20(9-6-17)30-28-31-27(32)26(37-28)13-19-12-24(33-4-2)25(14-21(19)29)34-15-18-7-10-22-23(11-18)36-16-35-22/h5-14,28,30H,3-4,15-16H2,1-2H3,(H,31,32)/b26-13-/t28-/m1/s1. The number of nitrogens with one attached hydrogen (secondary N) is 2. The predicted molar refractivity (Wildman–Crippen MR) is 149 cm³/mol. The Bertz CT molecular complexity index is 1330. The molecule has 1 fully saturated rings. The molecule has 1 atom stereocenters. The van der Waals surface area contributed by atoms with Crippen molar-refractivity contribution >= 4 is 45.4 Å². The second kappa shape index (κ2) is 11.4. The maximum atomic E-state index is 12.7. The van der Waals surface area contributed by atoms with E-state index in [4.69, 9.17) is 18.9 Å². The van der Waals surface area contributed by atoms with Gasteiger partial charge in [0.05, 0.1) is 11.5 Å². The van der Waals surface area contributed by atoms with Crippen molar-refractivity contribution < 1.29 is 23.7 Å². The van der Waals surface area contributed by atoms with Crippen LogP contribution in [0, 0.1) is 0 Å². The number of fused-ring (bicyclic) bond motifs is 1. The van der Waals surface area contributed by atoms with E-state index in [0.29, 0.717) is 35.4 Å². The predicted octanol–water partition coefficient (Wildman–Crippen LogP) is 6.32. The van der Waals surface area contributed by atoms with Gasteiger partial charge in [-0.1, -0.05) is 52.8 Å². The Balaban J connectivity index is 1.30. The van der Waals surface area contributed by atoms with Gasteiger partial charge in [-0.2, -0.15) is 0 Å². The molecule has 5 rings (SSSR count). The molecule has 37 heavy (non-hydrogen) atoms. The fourth-order valence-corrected chi connectivity index (χ4v) is 5.34. The molecule has 0 saturated carbocycles. The van der Waals surface area contributed by atoms with Crippen LogP contribution in [0.5, 0.6) is 23.0 Å². The molecule has 1 amide bonds. The summed E-state index contributed by atoms with van der Waals surface area (Å²) in [6.07, 6.45) is 2.85. The highest BCUT2D eigenvalue weighted by atomic mass is 79.9. The van der Waals surface area contributed by atoms with E-state index in [-0.39, 0.29) is 18.2 Å². The zero-order chi connectivity index (χ0) is 25.8. The van der Waals surface area contributed by atoms with Crippen molar-refractivity contribution in [1.82, 2.24) is 5.32 Å². The van der Waals surface area contributed by atoms with Gasteiger partial charge in [0.2, 0.25) is 6.79 Å². The van der Waals surface area contributed by atoms with Gasteiger partial charge in [0.15, 0.2) is 28.5 Å². The number of hydrogen-bond acceptors (Lipinski definition) is 7. The first-order valence-electron chi connectivity index (χ1n) is 12.0. The van der Waals surface area contributed by atoms with Crippen LogP contribution in [-0.4, -0.2) is 24.8 Å². The van der Waals surface area contributed by atoms with Gasteiger partial charge in [0.25, 0.3) is 5.91 Å². The molecule has 0 bridgehead atoms. The lowest BCUT2D eigenvalue weighted by atomic mass is 10.1. The normalized spacial score (nSPS) is 17.1. The molecule has 3 aromatic rings. The molecule has 0 spiro atoms. The summed E-state index contributed by atoms with van der Waals surface area (Å²) in [5, 5.41) is 6.34. The summed E-state index contributed by atoms with van der Waals surface area (Å²) in [6.45, 7) is 5.10. The topological polar surface area (TPSA) is 78.1 Å². The number of halogens is 1. The third-order valence-electron chi connectivity index (χ3n) is 5.87. The summed E-state index contributed by atoms with van der Waals surface area (Å²) in [5.74, 6) is 2.53. The maximum absolute atomic E-state index is 12.7. The average molecular weight is 584 g/mol. The van der Waals surface area contributed by atoms with Crippen molar-refractivity contribution in [3.63, 3.8) is 0 Å². The van der Waals surface area contributed by atoms with E-state index < -0.39 is 0 Å². The van der Waals surface area contributed by atoms with Crippen molar-refractivity contribution in [1.29, 1.82) is 0 Å². The first-order chi connectivity index (χ1) is 18.0. The minimum absolute atomic E-state index is 0.124. The van der Waals surface area contributed by atoms with E-state index in [9.17, 15) is 4.79 Å². The Kier molecular flexibility index (Phi) is 7.81. The summed E-state index contributed by atoms with van der Waals surface area (Å²) in [6, 6.07) is 17.7. The van der Waals surface area contributed by atoms with Gasteiger partial charge >= 0.3 is 0 Å². The number of aryl methyl sites for hydroxylation is 1. The number of anilines is 1. The summed E-state index contributed by atoms with van der Waals surface area (Å²) < 4.78 is 23.6. The average Bonchev–Trinajstić information content (AvgIpc) is 3.51. The summed E-state index contributed by atoms with van der Waals surface area (Å²) in [4.78, 5) is 13.3. The minimum atomic E-state index is -0.249. The van der Waals surface area contributed by atoms with Crippen molar-refractivity contribution in [2.45, 2.75) is 32.4 Å². The van der Waals surface area contributed by atoms with Gasteiger partial charge in [-0.3, -0.25) is 4.79 Å². The molecule has 1 saturated heterocycles. The second-order valence-corrected chi connectivity index (χ2v) is 10.4. The van der Waals surface area contributed by atoms with Gasteiger partial charge in [-0.25, -0.2) is 0 Å². The van der Waals surface area contributed by atoms with Gasteiger partial charge in [-0.05, 0) is 72.5 Å². The van der Waals surface area contributed by atoms with Gasteiger partial charge in [0, 0.05) is 10.2 Å². The van der Waals surface area contributed by atoms with Crippen LogP contribution in [0.3, 0.4) is 0 Å². The number of rotatable bonds is 9. The second-order valence-electron chi connectivity index (χ2n) is 8.40. The molecular weight excluding hydrogens is 556 g/mol. The third-order valence-corrected chi connectivity index (χ3v) is 7.59. The van der Waals surface area contributed by atoms with Crippen LogP contribution in [0.15, 0.2) is 64.0 Å². The molecule has 2 aliphatic rings. The lowest BCUT2D eigenvalue weighted by molar-refractivity contribution is -0.116. The van der Waals surface area contributed by atoms with Crippen LogP contribution < -0.4 is 29.6 Å². The Morgan fingerprint density at radius 2 is 1.78 bits per heavy atom. The highest BCUT2D eigenvalue weighted by molar-refractivity contribution is 9.10. The molecule has 0 radical (unpaired) electrons. The molecule has 2 heterocycles. The SMILES string of the molecule is CCOc1cc(/C=C2\S[C@H](Nc3ccc(CC)cc3)NC2=O)c(Br)cc1OCc1ccc2c(c1)OCO2. The van der Waals surface area contributed by atoms with Crippen molar-refractivity contribution in [2.75, 3.05) is 18.7 Å². The van der Waals surface area contributed by atoms with Crippen molar-refractivity contribution in [3.8, 4) is 23.0 Å². The molecule has 2 aliphatic heterocycles. The number of thioether (sulfide) groups is 1. The highest BCUT2D eigenvalue weighted by Gasteiger charge is 2.27. The quantitative estimate of drug-likeness (QED) is 0.286. The lowest BCUT2D eigenvalue weighted by Gasteiger charge is -2.14. The third kappa shape index (κ3) is 5.99. The van der Waals surface area contributed by atoms with E-state index in [2.05, 4.69) is 45.6 Å². The Hall–Kier alpha value is -3.30. The van der Waals surface area contributed by atoms with Gasteiger partial charge < -0.3 is 29.6 Å². The first kappa shape index (κ1) is 25.4. The zero-order valence-electron chi connectivity index (χ0n) is 20.5.